The zero-order chi connectivity index (χ0) is 19.7. The SMILES string of the molecule is CC(C)(C)OC(=O)/C=C1\CCn2c1cc1cc(OCc3ccccc3)ccc12. The smallest absolute Gasteiger partial charge is 0.331 e. The number of esters is 1. The van der Waals surface area contributed by atoms with E-state index in [1.807, 2.05) is 45.0 Å². The molecule has 0 amide bonds. The third kappa shape index (κ3) is 3.96. The molecule has 4 nitrogen and oxygen atoms in total. The zero-order valence-corrected chi connectivity index (χ0v) is 16.6. The Balaban J connectivity index is 1.55. The topological polar surface area (TPSA) is 40.5 Å². The molecule has 0 N–H and O–H groups in total. The zero-order valence-electron chi connectivity index (χ0n) is 16.6. The van der Waals surface area contributed by atoms with Crippen LogP contribution < -0.4 is 4.74 Å². The first-order valence-electron chi connectivity index (χ1n) is 9.63. The number of nitrogens with zero attached hydrogens (tertiary/aromatic N) is 1. The standard InChI is InChI=1S/C24H25NO3/c1-24(2,3)28-23(26)15-18-11-12-25-21-10-9-20(13-19(21)14-22(18)25)27-16-17-7-5-4-6-8-17/h4-10,13-15H,11-12,16H2,1-3H3/b18-15+. The second kappa shape index (κ2) is 7.19. The summed E-state index contributed by atoms with van der Waals surface area (Å²) in [6, 6.07) is 18.4. The lowest BCUT2D eigenvalue weighted by Gasteiger charge is -2.18. The predicted molar refractivity (Wildman–Crippen MR) is 111 cm³/mol. The summed E-state index contributed by atoms with van der Waals surface area (Å²) in [6.07, 6.45) is 2.48. The highest BCUT2D eigenvalue weighted by molar-refractivity contribution is 5.95. The van der Waals surface area contributed by atoms with Gasteiger partial charge in [-0.1, -0.05) is 30.3 Å². The third-order valence-electron chi connectivity index (χ3n) is 4.75. The summed E-state index contributed by atoms with van der Waals surface area (Å²) in [4.78, 5) is 12.2. The van der Waals surface area contributed by atoms with Crippen LogP contribution in [0, 0.1) is 0 Å². The van der Waals surface area contributed by atoms with E-state index < -0.39 is 5.60 Å². The predicted octanol–water partition coefficient (Wildman–Crippen LogP) is 5.35. The van der Waals surface area contributed by atoms with Crippen LogP contribution in [0.2, 0.25) is 0 Å². The monoisotopic (exact) mass is 375 g/mol. The Morgan fingerprint density at radius 3 is 2.64 bits per heavy atom. The Kier molecular flexibility index (Phi) is 4.71. The first-order chi connectivity index (χ1) is 13.4. The lowest BCUT2D eigenvalue weighted by Crippen LogP contribution is -2.22. The van der Waals surface area contributed by atoms with Crippen molar-refractivity contribution >= 4 is 22.4 Å². The summed E-state index contributed by atoms with van der Waals surface area (Å²) in [5.41, 5.74) is 3.93. The number of aryl methyl sites for hydroxylation is 1. The van der Waals surface area contributed by atoms with Crippen molar-refractivity contribution in [3.63, 3.8) is 0 Å². The Hall–Kier alpha value is -3.01. The molecule has 0 saturated carbocycles. The summed E-state index contributed by atoms with van der Waals surface area (Å²) in [6.45, 7) is 7.06. The number of carbonyl (C=O) groups is 1. The van der Waals surface area contributed by atoms with E-state index in [1.54, 1.807) is 6.08 Å². The van der Waals surface area contributed by atoms with Crippen molar-refractivity contribution in [2.45, 2.75) is 45.9 Å². The molecule has 144 valence electrons. The molecule has 0 atom stereocenters. The molecule has 1 aliphatic rings. The summed E-state index contributed by atoms with van der Waals surface area (Å²) < 4.78 is 13.6. The number of hydrogen-bond acceptors (Lipinski definition) is 3. The molecule has 0 aliphatic carbocycles. The fraction of sp³-hybridized carbons (Fsp3) is 0.292. The van der Waals surface area contributed by atoms with Gasteiger partial charge >= 0.3 is 5.97 Å². The summed E-state index contributed by atoms with van der Waals surface area (Å²) >= 11 is 0. The van der Waals surface area contributed by atoms with Gasteiger partial charge in [0.1, 0.15) is 18.0 Å². The van der Waals surface area contributed by atoms with Gasteiger partial charge in [0, 0.05) is 29.2 Å². The van der Waals surface area contributed by atoms with Gasteiger partial charge in [0.05, 0.1) is 0 Å². The van der Waals surface area contributed by atoms with Crippen LogP contribution in [-0.4, -0.2) is 16.1 Å². The maximum absolute atomic E-state index is 12.2. The van der Waals surface area contributed by atoms with Crippen LogP contribution in [0.3, 0.4) is 0 Å². The molecule has 0 spiro atoms. The number of fused-ring (bicyclic) bond motifs is 3. The Morgan fingerprint density at radius 1 is 1.11 bits per heavy atom. The van der Waals surface area contributed by atoms with Gasteiger partial charge in [-0.2, -0.15) is 0 Å². The molecule has 2 aromatic carbocycles. The Bertz CT molecular complexity index is 1040. The van der Waals surface area contributed by atoms with Crippen molar-refractivity contribution in [2.75, 3.05) is 0 Å². The van der Waals surface area contributed by atoms with Gasteiger partial charge in [-0.15, -0.1) is 0 Å². The molecule has 0 bridgehead atoms. The molecule has 4 rings (SSSR count). The molecular weight excluding hydrogens is 350 g/mol. The van der Waals surface area contributed by atoms with E-state index in [4.69, 9.17) is 9.47 Å². The molecule has 28 heavy (non-hydrogen) atoms. The first-order valence-corrected chi connectivity index (χ1v) is 9.63. The van der Waals surface area contributed by atoms with E-state index in [1.165, 1.54) is 0 Å². The third-order valence-corrected chi connectivity index (χ3v) is 4.75. The molecule has 3 aromatic rings. The maximum atomic E-state index is 12.2. The van der Waals surface area contributed by atoms with Crippen LogP contribution in [0.15, 0.2) is 60.7 Å². The number of allylic oxidation sites excluding steroid dienone is 1. The number of ether oxygens (including phenoxy) is 2. The second-order valence-electron chi connectivity index (χ2n) is 8.13. The quantitative estimate of drug-likeness (QED) is 0.456. The van der Waals surface area contributed by atoms with Crippen LogP contribution in [0.4, 0.5) is 0 Å². The number of benzene rings is 2. The molecule has 0 saturated heterocycles. The van der Waals surface area contributed by atoms with Crippen molar-refractivity contribution in [2.24, 2.45) is 0 Å². The minimum atomic E-state index is -0.482. The van der Waals surface area contributed by atoms with E-state index in [0.29, 0.717) is 6.61 Å². The van der Waals surface area contributed by atoms with E-state index in [-0.39, 0.29) is 5.97 Å². The Morgan fingerprint density at radius 2 is 1.89 bits per heavy atom. The van der Waals surface area contributed by atoms with E-state index in [0.717, 1.165) is 46.4 Å². The summed E-state index contributed by atoms with van der Waals surface area (Å²) in [5, 5.41) is 1.12. The van der Waals surface area contributed by atoms with E-state index >= 15 is 0 Å². The fourth-order valence-electron chi connectivity index (χ4n) is 3.57. The molecule has 4 heteroatoms. The van der Waals surface area contributed by atoms with E-state index in [2.05, 4.69) is 34.9 Å². The summed E-state index contributed by atoms with van der Waals surface area (Å²) in [7, 11) is 0. The van der Waals surface area contributed by atoms with Gasteiger partial charge in [-0.3, -0.25) is 0 Å². The highest BCUT2D eigenvalue weighted by Gasteiger charge is 2.22. The average Bonchev–Trinajstić information content (AvgIpc) is 3.18. The molecule has 1 aromatic heterocycles. The molecule has 0 fully saturated rings. The molecule has 0 radical (unpaired) electrons. The largest absolute Gasteiger partial charge is 0.489 e. The van der Waals surface area contributed by atoms with Gasteiger partial charge in [0.15, 0.2) is 0 Å². The summed E-state index contributed by atoms with van der Waals surface area (Å²) in [5.74, 6) is 0.561. The molecular formula is C24H25NO3. The Labute approximate surface area is 165 Å². The van der Waals surface area contributed by atoms with E-state index in [9.17, 15) is 4.79 Å². The first kappa shape index (κ1) is 18.4. The van der Waals surface area contributed by atoms with Crippen LogP contribution in [-0.2, 0) is 22.7 Å². The number of carbonyl (C=O) groups excluding carboxylic acids is 1. The highest BCUT2D eigenvalue weighted by Crippen LogP contribution is 2.35. The van der Waals surface area contributed by atoms with Crippen LogP contribution in [0.1, 0.15) is 38.4 Å². The average molecular weight is 375 g/mol. The van der Waals surface area contributed by atoms with Crippen LogP contribution >= 0.6 is 0 Å². The minimum absolute atomic E-state index is 0.284. The lowest BCUT2D eigenvalue weighted by atomic mass is 10.1. The number of rotatable bonds is 4. The molecule has 1 aliphatic heterocycles. The van der Waals surface area contributed by atoms with Gasteiger partial charge in [0.2, 0.25) is 0 Å². The lowest BCUT2D eigenvalue weighted by molar-refractivity contribution is -0.148. The van der Waals surface area contributed by atoms with Crippen molar-refractivity contribution in [1.82, 2.24) is 4.57 Å². The van der Waals surface area contributed by atoms with Gasteiger partial charge in [-0.05, 0) is 62.6 Å². The van der Waals surface area contributed by atoms with Gasteiger partial charge < -0.3 is 14.0 Å². The van der Waals surface area contributed by atoms with Crippen LogP contribution in [0.25, 0.3) is 16.5 Å². The van der Waals surface area contributed by atoms with Gasteiger partial charge in [-0.25, -0.2) is 4.79 Å². The maximum Gasteiger partial charge on any atom is 0.331 e. The molecule has 0 unspecified atom stereocenters. The highest BCUT2D eigenvalue weighted by atomic mass is 16.6. The van der Waals surface area contributed by atoms with Crippen molar-refractivity contribution < 1.29 is 14.3 Å². The van der Waals surface area contributed by atoms with Crippen LogP contribution in [0.5, 0.6) is 5.75 Å². The minimum Gasteiger partial charge on any atom is -0.489 e. The van der Waals surface area contributed by atoms with Crippen molar-refractivity contribution in [1.29, 1.82) is 0 Å². The fourth-order valence-corrected chi connectivity index (χ4v) is 3.57. The van der Waals surface area contributed by atoms with Gasteiger partial charge in [0.25, 0.3) is 0 Å². The number of hydrogen-bond donors (Lipinski definition) is 0. The second-order valence-corrected chi connectivity index (χ2v) is 8.13. The normalized spacial score (nSPS) is 15.0. The van der Waals surface area contributed by atoms with Crippen molar-refractivity contribution in [3.8, 4) is 5.75 Å². The molecule has 2 heterocycles. The van der Waals surface area contributed by atoms with Crippen molar-refractivity contribution in [3.05, 3.63) is 71.9 Å². The number of aromatic nitrogens is 1.